The Morgan fingerprint density at radius 2 is 2.12 bits per heavy atom. The average molecular weight is 399 g/mol. The first-order chi connectivity index (χ1) is 12.2. The molecule has 7 heteroatoms. The molecule has 1 aliphatic heterocycles. The smallest absolute Gasteiger partial charge is 0.248 e. The number of hydrogen-bond acceptors (Lipinski definition) is 6. The highest BCUT2D eigenvalue weighted by molar-refractivity contribution is 9.10. The lowest BCUT2D eigenvalue weighted by Gasteiger charge is -2.12. The molecule has 2 heterocycles. The molecule has 0 saturated carbocycles. The fraction of sp³-hybridized carbons (Fsp3) is 0.111. The number of aromatic nitrogens is 2. The number of nitrogens with one attached hydrogen (secondary N) is 2. The minimum Gasteiger partial charge on any atom is -0.497 e. The van der Waals surface area contributed by atoms with E-state index in [1.54, 1.807) is 7.11 Å². The Labute approximate surface area is 153 Å². The molecule has 4 rings (SSSR count). The van der Waals surface area contributed by atoms with Crippen molar-refractivity contribution in [1.82, 2.24) is 9.97 Å². The highest BCUT2D eigenvalue weighted by atomic mass is 79.9. The van der Waals surface area contributed by atoms with Crippen LogP contribution in [-0.4, -0.2) is 17.1 Å². The van der Waals surface area contributed by atoms with Crippen LogP contribution in [0.4, 0.5) is 17.2 Å². The summed E-state index contributed by atoms with van der Waals surface area (Å²) in [6.07, 6.45) is 1.48. The van der Waals surface area contributed by atoms with Crippen LogP contribution in [0.15, 0.2) is 53.3 Å². The number of hydrogen-bond donors (Lipinski definition) is 2. The molecule has 0 amide bonds. The van der Waals surface area contributed by atoms with Gasteiger partial charge in [0, 0.05) is 22.3 Å². The SMILES string of the molecule is COc1ccc2c(c1)CNc1c(Nc3cccc(Br)c3)ncnc1O2. The van der Waals surface area contributed by atoms with Gasteiger partial charge in [0.2, 0.25) is 5.88 Å². The van der Waals surface area contributed by atoms with E-state index < -0.39 is 0 Å². The molecule has 0 fully saturated rings. The number of ether oxygens (including phenoxy) is 2. The molecule has 6 nitrogen and oxygen atoms in total. The molecule has 1 aliphatic rings. The fourth-order valence-corrected chi connectivity index (χ4v) is 3.01. The van der Waals surface area contributed by atoms with E-state index in [2.05, 4.69) is 36.5 Å². The molecule has 2 N–H and O–H groups in total. The van der Waals surface area contributed by atoms with Crippen molar-refractivity contribution in [2.45, 2.75) is 6.54 Å². The van der Waals surface area contributed by atoms with Crippen molar-refractivity contribution in [3.8, 4) is 17.4 Å². The van der Waals surface area contributed by atoms with Gasteiger partial charge in [-0.3, -0.25) is 0 Å². The Morgan fingerprint density at radius 1 is 1.20 bits per heavy atom. The summed E-state index contributed by atoms with van der Waals surface area (Å²) in [4.78, 5) is 8.61. The van der Waals surface area contributed by atoms with Gasteiger partial charge >= 0.3 is 0 Å². The number of fused-ring (bicyclic) bond motifs is 2. The van der Waals surface area contributed by atoms with E-state index in [4.69, 9.17) is 9.47 Å². The molecule has 0 bridgehead atoms. The Morgan fingerprint density at radius 3 is 2.96 bits per heavy atom. The van der Waals surface area contributed by atoms with Crippen LogP contribution in [0.3, 0.4) is 0 Å². The number of rotatable bonds is 3. The molecule has 0 unspecified atom stereocenters. The van der Waals surface area contributed by atoms with Gasteiger partial charge in [0.25, 0.3) is 0 Å². The number of halogens is 1. The highest BCUT2D eigenvalue weighted by Gasteiger charge is 2.20. The third kappa shape index (κ3) is 3.23. The number of methoxy groups -OCH3 is 1. The molecule has 0 saturated heterocycles. The topological polar surface area (TPSA) is 68.3 Å². The van der Waals surface area contributed by atoms with Crippen LogP contribution in [0, 0.1) is 0 Å². The summed E-state index contributed by atoms with van der Waals surface area (Å²) in [6.45, 7) is 0.583. The maximum Gasteiger partial charge on any atom is 0.248 e. The Bertz CT molecular complexity index is 933. The average Bonchev–Trinajstić information content (AvgIpc) is 2.81. The third-order valence-electron chi connectivity index (χ3n) is 3.83. The van der Waals surface area contributed by atoms with E-state index in [-0.39, 0.29) is 0 Å². The summed E-state index contributed by atoms with van der Waals surface area (Å²) in [7, 11) is 1.65. The van der Waals surface area contributed by atoms with Crippen molar-refractivity contribution in [2.24, 2.45) is 0 Å². The molecule has 126 valence electrons. The lowest BCUT2D eigenvalue weighted by Crippen LogP contribution is -2.04. The molecule has 0 radical (unpaired) electrons. The minimum absolute atomic E-state index is 0.483. The van der Waals surface area contributed by atoms with Crippen LogP contribution in [0.2, 0.25) is 0 Å². The minimum atomic E-state index is 0.483. The number of anilines is 3. The number of benzene rings is 2. The van der Waals surface area contributed by atoms with Gasteiger partial charge in [-0.25, -0.2) is 4.98 Å². The summed E-state index contributed by atoms with van der Waals surface area (Å²) < 4.78 is 12.3. The third-order valence-corrected chi connectivity index (χ3v) is 4.32. The molecule has 0 aliphatic carbocycles. The lowest BCUT2D eigenvalue weighted by atomic mass is 10.2. The second-order valence-electron chi connectivity index (χ2n) is 5.47. The van der Waals surface area contributed by atoms with Crippen molar-refractivity contribution < 1.29 is 9.47 Å². The highest BCUT2D eigenvalue weighted by Crippen LogP contribution is 2.39. The van der Waals surface area contributed by atoms with Gasteiger partial charge in [0.05, 0.1) is 7.11 Å². The van der Waals surface area contributed by atoms with Gasteiger partial charge in [-0.2, -0.15) is 4.98 Å². The van der Waals surface area contributed by atoms with E-state index >= 15 is 0 Å². The van der Waals surface area contributed by atoms with Crippen molar-refractivity contribution in [1.29, 1.82) is 0 Å². The van der Waals surface area contributed by atoms with E-state index in [1.807, 2.05) is 42.5 Å². The van der Waals surface area contributed by atoms with Crippen LogP contribution in [0.1, 0.15) is 5.56 Å². The summed E-state index contributed by atoms with van der Waals surface area (Å²) >= 11 is 3.47. The summed E-state index contributed by atoms with van der Waals surface area (Å²) in [5.74, 6) is 2.67. The predicted octanol–water partition coefficient (Wildman–Crippen LogP) is 4.71. The van der Waals surface area contributed by atoms with Crippen LogP contribution in [0.25, 0.3) is 0 Å². The first-order valence-corrected chi connectivity index (χ1v) is 8.48. The van der Waals surface area contributed by atoms with Crippen LogP contribution >= 0.6 is 15.9 Å². The Balaban J connectivity index is 1.68. The zero-order chi connectivity index (χ0) is 17.2. The van der Waals surface area contributed by atoms with Gasteiger partial charge in [0.1, 0.15) is 23.5 Å². The van der Waals surface area contributed by atoms with Crippen LogP contribution in [0.5, 0.6) is 17.4 Å². The fourth-order valence-electron chi connectivity index (χ4n) is 2.61. The maximum atomic E-state index is 5.99. The van der Waals surface area contributed by atoms with Crippen molar-refractivity contribution in [3.63, 3.8) is 0 Å². The van der Waals surface area contributed by atoms with Crippen molar-refractivity contribution in [2.75, 3.05) is 17.7 Å². The second kappa shape index (κ2) is 6.60. The largest absolute Gasteiger partial charge is 0.497 e. The second-order valence-corrected chi connectivity index (χ2v) is 6.38. The first-order valence-electron chi connectivity index (χ1n) is 7.69. The van der Waals surface area contributed by atoms with Crippen molar-refractivity contribution in [3.05, 3.63) is 58.8 Å². The molecule has 0 atom stereocenters. The monoisotopic (exact) mass is 398 g/mol. The lowest BCUT2D eigenvalue weighted by molar-refractivity contribution is 0.411. The van der Waals surface area contributed by atoms with Gasteiger partial charge in [-0.1, -0.05) is 22.0 Å². The van der Waals surface area contributed by atoms with Gasteiger partial charge in [-0.15, -0.1) is 0 Å². The molecule has 2 aromatic carbocycles. The van der Waals surface area contributed by atoms with E-state index in [0.29, 0.717) is 18.2 Å². The zero-order valence-corrected chi connectivity index (χ0v) is 15.0. The van der Waals surface area contributed by atoms with E-state index in [0.717, 1.165) is 32.9 Å². The standard InChI is InChI=1S/C18H15BrN4O2/c1-24-14-5-6-15-11(7-14)9-20-16-17(21-10-22-18(16)25-15)23-13-4-2-3-12(19)8-13/h2-8,10,20H,9H2,1H3,(H,21,22,23). The van der Waals surface area contributed by atoms with Crippen LogP contribution < -0.4 is 20.1 Å². The normalized spacial score (nSPS) is 12.1. The first kappa shape index (κ1) is 15.7. The summed E-state index contributed by atoms with van der Waals surface area (Å²) in [5.41, 5.74) is 2.63. The quantitative estimate of drug-likeness (QED) is 0.665. The summed E-state index contributed by atoms with van der Waals surface area (Å²) in [5, 5.41) is 6.66. The van der Waals surface area contributed by atoms with Crippen molar-refractivity contribution >= 4 is 33.1 Å². The molecule has 0 spiro atoms. The van der Waals surface area contributed by atoms with E-state index in [9.17, 15) is 0 Å². The Kier molecular flexibility index (Phi) is 4.15. The maximum absolute atomic E-state index is 5.99. The molecule has 1 aromatic heterocycles. The van der Waals surface area contributed by atoms with Gasteiger partial charge < -0.3 is 20.1 Å². The van der Waals surface area contributed by atoms with Gasteiger partial charge in [0.15, 0.2) is 5.82 Å². The van der Waals surface area contributed by atoms with Crippen LogP contribution in [-0.2, 0) is 6.54 Å². The molecular weight excluding hydrogens is 384 g/mol. The zero-order valence-electron chi connectivity index (χ0n) is 13.4. The molecular formula is C18H15BrN4O2. The summed E-state index contributed by atoms with van der Waals surface area (Å²) in [6, 6.07) is 13.6. The van der Waals surface area contributed by atoms with Gasteiger partial charge in [-0.05, 0) is 36.4 Å². The molecule has 3 aromatic rings. The number of nitrogens with zero attached hydrogens (tertiary/aromatic N) is 2. The van der Waals surface area contributed by atoms with E-state index in [1.165, 1.54) is 6.33 Å². The predicted molar refractivity (Wildman–Crippen MR) is 99.9 cm³/mol. The molecule has 25 heavy (non-hydrogen) atoms. The Hall–Kier alpha value is -2.80.